The van der Waals surface area contributed by atoms with Gasteiger partial charge in [-0.2, -0.15) is 0 Å². The van der Waals surface area contributed by atoms with Crippen LogP contribution in [0.25, 0.3) is 0 Å². The van der Waals surface area contributed by atoms with Crippen LogP contribution in [0.3, 0.4) is 0 Å². The van der Waals surface area contributed by atoms with Crippen molar-refractivity contribution in [2.24, 2.45) is 0 Å². The van der Waals surface area contributed by atoms with Crippen molar-refractivity contribution in [3.05, 3.63) is 69.3 Å². The SMILES string of the molecule is CCOc1ccc(C(=O)[C@@H](C)OC(=O)c2ccc(C)c([N+](=O)[O-])c2)cc1. The number of carbonyl (C=O) groups excluding carboxylic acids is 2. The summed E-state index contributed by atoms with van der Waals surface area (Å²) < 4.78 is 10.5. The van der Waals surface area contributed by atoms with Crippen molar-refractivity contribution in [1.82, 2.24) is 0 Å². The van der Waals surface area contributed by atoms with E-state index in [9.17, 15) is 19.7 Å². The molecular formula is C19H19NO6. The maximum atomic E-state index is 12.4. The molecule has 0 spiro atoms. The van der Waals surface area contributed by atoms with Crippen LogP contribution in [-0.2, 0) is 4.74 Å². The average molecular weight is 357 g/mol. The van der Waals surface area contributed by atoms with Gasteiger partial charge < -0.3 is 9.47 Å². The van der Waals surface area contributed by atoms with Crippen molar-refractivity contribution in [1.29, 1.82) is 0 Å². The van der Waals surface area contributed by atoms with Crippen LogP contribution in [0.1, 0.15) is 40.1 Å². The smallest absolute Gasteiger partial charge is 0.339 e. The average Bonchev–Trinajstić information content (AvgIpc) is 2.62. The number of Topliss-reactive ketones (excluding diaryl/α,β-unsaturated/α-hetero) is 1. The lowest BCUT2D eigenvalue weighted by Crippen LogP contribution is -2.24. The van der Waals surface area contributed by atoms with Crippen LogP contribution >= 0.6 is 0 Å². The molecule has 136 valence electrons. The van der Waals surface area contributed by atoms with Crippen molar-refractivity contribution in [2.45, 2.75) is 26.9 Å². The molecule has 0 aliphatic rings. The molecule has 0 aliphatic carbocycles. The van der Waals surface area contributed by atoms with Crippen molar-refractivity contribution in [3.8, 4) is 5.75 Å². The van der Waals surface area contributed by atoms with Gasteiger partial charge in [0.2, 0.25) is 5.78 Å². The fraction of sp³-hybridized carbons (Fsp3) is 0.263. The number of esters is 1. The number of hydrogen-bond acceptors (Lipinski definition) is 6. The highest BCUT2D eigenvalue weighted by Crippen LogP contribution is 2.21. The van der Waals surface area contributed by atoms with Crippen LogP contribution in [0.2, 0.25) is 0 Å². The van der Waals surface area contributed by atoms with Gasteiger partial charge in [-0.1, -0.05) is 6.07 Å². The van der Waals surface area contributed by atoms with E-state index in [2.05, 4.69) is 0 Å². The van der Waals surface area contributed by atoms with Gasteiger partial charge in [0.1, 0.15) is 5.75 Å². The Morgan fingerprint density at radius 2 is 1.73 bits per heavy atom. The monoisotopic (exact) mass is 357 g/mol. The second-order valence-electron chi connectivity index (χ2n) is 5.63. The number of carbonyl (C=O) groups is 2. The molecule has 7 heteroatoms. The van der Waals surface area contributed by atoms with E-state index in [4.69, 9.17) is 9.47 Å². The van der Waals surface area contributed by atoms with Gasteiger partial charge in [0.25, 0.3) is 5.69 Å². The summed E-state index contributed by atoms with van der Waals surface area (Å²) in [5.41, 5.74) is 0.660. The standard InChI is InChI=1S/C19H19NO6/c1-4-25-16-9-7-14(8-10-16)18(21)13(3)26-19(22)15-6-5-12(2)17(11-15)20(23)24/h5-11,13H,4H2,1-3H3/t13-/m1/s1. The normalized spacial score (nSPS) is 11.5. The summed E-state index contributed by atoms with van der Waals surface area (Å²) in [6, 6.07) is 10.5. The highest BCUT2D eigenvalue weighted by atomic mass is 16.6. The number of nitro groups is 1. The summed E-state index contributed by atoms with van der Waals surface area (Å²) in [5.74, 6) is -0.524. The Hall–Kier alpha value is -3.22. The van der Waals surface area contributed by atoms with E-state index < -0.39 is 17.0 Å². The van der Waals surface area contributed by atoms with Gasteiger partial charge in [0, 0.05) is 17.2 Å². The quantitative estimate of drug-likeness (QED) is 0.324. The Bertz CT molecular complexity index is 828. The molecule has 0 fully saturated rings. The van der Waals surface area contributed by atoms with E-state index in [-0.39, 0.29) is 17.0 Å². The zero-order chi connectivity index (χ0) is 19.3. The van der Waals surface area contributed by atoms with Gasteiger partial charge in [0.05, 0.1) is 17.1 Å². The molecule has 2 aromatic carbocycles. The maximum Gasteiger partial charge on any atom is 0.339 e. The summed E-state index contributed by atoms with van der Waals surface area (Å²) in [7, 11) is 0. The van der Waals surface area contributed by atoms with E-state index in [0.29, 0.717) is 23.5 Å². The topological polar surface area (TPSA) is 95.7 Å². The minimum Gasteiger partial charge on any atom is -0.494 e. The Morgan fingerprint density at radius 1 is 1.12 bits per heavy atom. The number of nitro benzene ring substituents is 1. The molecule has 0 aromatic heterocycles. The molecule has 0 heterocycles. The van der Waals surface area contributed by atoms with Crippen LogP contribution in [0.15, 0.2) is 42.5 Å². The largest absolute Gasteiger partial charge is 0.494 e. The number of rotatable bonds is 7. The molecular weight excluding hydrogens is 338 g/mol. The number of ether oxygens (including phenoxy) is 2. The second kappa shape index (κ2) is 8.24. The number of hydrogen-bond donors (Lipinski definition) is 0. The fourth-order valence-electron chi connectivity index (χ4n) is 2.33. The molecule has 2 rings (SSSR count). The summed E-state index contributed by atoms with van der Waals surface area (Å²) in [5, 5.41) is 11.0. The van der Waals surface area contributed by atoms with Crippen LogP contribution in [0.5, 0.6) is 5.75 Å². The first kappa shape index (κ1) is 19.1. The first-order valence-corrected chi connectivity index (χ1v) is 8.06. The van der Waals surface area contributed by atoms with Crippen molar-refractivity contribution in [3.63, 3.8) is 0 Å². The molecule has 0 saturated carbocycles. The van der Waals surface area contributed by atoms with E-state index >= 15 is 0 Å². The van der Waals surface area contributed by atoms with Gasteiger partial charge in [0.15, 0.2) is 6.10 Å². The first-order valence-electron chi connectivity index (χ1n) is 8.06. The minimum absolute atomic E-state index is 0.0219. The molecule has 0 unspecified atom stereocenters. The van der Waals surface area contributed by atoms with E-state index in [1.165, 1.54) is 19.1 Å². The van der Waals surface area contributed by atoms with Gasteiger partial charge in [-0.3, -0.25) is 14.9 Å². The summed E-state index contributed by atoms with van der Waals surface area (Å²) in [6.45, 7) is 5.41. The van der Waals surface area contributed by atoms with Crippen molar-refractivity contribution < 1.29 is 24.0 Å². The van der Waals surface area contributed by atoms with Crippen molar-refractivity contribution >= 4 is 17.4 Å². The fourth-order valence-corrected chi connectivity index (χ4v) is 2.33. The number of aryl methyl sites for hydroxylation is 1. The molecule has 1 atom stereocenters. The molecule has 0 radical (unpaired) electrons. The Balaban J connectivity index is 2.09. The Kier molecular flexibility index (Phi) is 6.06. The number of ketones is 1. The highest BCUT2D eigenvalue weighted by molar-refractivity contribution is 6.01. The third-order valence-corrected chi connectivity index (χ3v) is 3.74. The lowest BCUT2D eigenvalue weighted by molar-refractivity contribution is -0.385. The number of nitrogens with zero attached hydrogens (tertiary/aromatic N) is 1. The van der Waals surface area contributed by atoms with Crippen LogP contribution < -0.4 is 4.74 Å². The van der Waals surface area contributed by atoms with Gasteiger partial charge >= 0.3 is 5.97 Å². The molecule has 26 heavy (non-hydrogen) atoms. The third kappa shape index (κ3) is 4.44. The third-order valence-electron chi connectivity index (χ3n) is 3.74. The second-order valence-corrected chi connectivity index (χ2v) is 5.63. The predicted octanol–water partition coefficient (Wildman–Crippen LogP) is 3.73. The maximum absolute atomic E-state index is 12.4. The molecule has 2 aromatic rings. The van der Waals surface area contributed by atoms with Gasteiger partial charge in [-0.15, -0.1) is 0 Å². The summed E-state index contributed by atoms with van der Waals surface area (Å²) in [6.07, 6.45) is -1.03. The molecule has 7 nitrogen and oxygen atoms in total. The lowest BCUT2D eigenvalue weighted by Gasteiger charge is -2.13. The molecule has 0 aliphatic heterocycles. The van der Waals surface area contributed by atoms with E-state index in [1.807, 2.05) is 6.92 Å². The van der Waals surface area contributed by atoms with E-state index in [0.717, 1.165) is 6.07 Å². The molecule has 0 N–H and O–H groups in total. The zero-order valence-corrected chi connectivity index (χ0v) is 14.7. The van der Waals surface area contributed by atoms with Crippen LogP contribution in [0, 0.1) is 17.0 Å². The van der Waals surface area contributed by atoms with Crippen molar-refractivity contribution in [2.75, 3.05) is 6.61 Å². The van der Waals surface area contributed by atoms with Crippen LogP contribution in [0.4, 0.5) is 5.69 Å². The predicted molar refractivity (Wildman–Crippen MR) is 94.7 cm³/mol. The molecule has 0 saturated heterocycles. The highest BCUT2D eigenvalue weighted by Gasteiger charge is 2.22. The Morgan fingerprint density at radius 3 is 2.31 bits per heavy atom. The Labute approximate surface area is 150 Å². The minimum atomic E-state index is -1.03. The lowest BCUT2D eigenvalue weighted by atomic mass is 10.1. The zero-order valence-electron chi connectivity index (χ0n) is 14.7. The summed E-state index contributed by atoms with van der Waals surface area (Å²) >= 11 is 0. The first-order chi connectivity index (χ1) is 12.3. The van der Waals surface area contributed by atoms with Gasteiger partial charge in [-0.25, -0.2) is 4.79 Å². The summed E-state index contributed by atoms with van der Waals surface area (Å²) in [4.78, 5) is 35.0. The molecule has 0 bridgehead atoms. The van der Waals surface area contributed by atoms with E-state index in [1.54, 1.807) is 31.2 Å². The van der Waals surface area contributed by atoms with Crippen LogP contribution in [-0.4, -0.2) is 29.4 Å². The van der Waals surface area contributed by atoms with Gasteiger partial charge in [-0.05, 0) is 51.1 Å². The molecule has 0 amide bonds. The number of benzene rings is 2.